The molecule has 0 radical (unpaired) electrons. The molecular formula is C14H12N4OS. The van der Waals surface area contributed by atoms with Crippen molar-refractivity contribution in [3.05, 3.63) is 58.8 Å². The van der Waals surface area contributed by atoms with Gasteiger partial charge in [-0.1, -0.05) is 30.3 Å². The molecule has 0 saturated heterocycles. The Morgan fingerprint density at radius 3 is 2.75 bits per heavy atom. The summed E-state index contributed by atoms with van der Waals surface area (Å²) >= 11 is 5.19. The molecular weight excluding hydrogens is 272 g/mol. The first-order valence-corrected chi connectivity index (χ1v) is 6.48. The lowest BCUT2D eigenvalue weighted by Gasteiger charge is -1.99. The molecule has 0 atom stereocenters. The number of nitrogens with one attached hydrogen (secondary N) is 1. The molecule has 1 N–H and O–H groups in total. The van der Waals surface area contributed by atoms with Gasteiger partial charge in [-0.2, -0.15) is 14.9 Å². The summed E-state index contributed by atoms with van der Waals surface area (Å²) in [6, 6.07) is 13.5. The Balaban J connectivity index is 2.00. The van der Waals surface area contributed by atoms with Crippen LogP contribution in [0.15, 0.2) is 52.0 Å². The van der Waals surface area contributed by atoms with Gasteiger partial charge in [0.15, 0.2) is 5.82 Å². The maximum atomic E-state index is 5.44. The van der Waals surface area contributed by atoms with Crippen molar-refractivity contribution in [3.63, 3.8) is 0 Å². The van der Waals surface area contributed by atoms with Gasteiger partial charge < -0.3 is 4.42 Å². The van der Waals surface area contributed by atoms with Crippen LogP contribution in [-0.4, -0.2) is 21.1 Å². The summed E-state index contributed by atoms with van der Waals surface area (Å²) in [5.74, 6) is 2.17. The number of hydrogen-bond acceptors (Lipinski definition) is 4. The van der Waals surface area contributed by atoms with Crippen LogP contribution in [0.3, 0.4) is 0 Å². The minimum absolute atomic E-state index is 0.434. The van der Waals surface area contributed by atoms with Crippen molar-refractivity contribution < 1.29 is 4.42 Å². The Bertz CT molecular complexity index is 798. The third-order valence-corrected chi connectivity index (χ3v) is 3.01. The van der Waals surface area contributed by atoms with Crippen LogP contribution < -0.4 is 0 Å². The van der Waals surface area contributed by atoms with E-state index in [1.807, 2.05) is 49.4 Å². The molecule has 5 nitrogen and oxygen atoms in total. The molecule has 2 aromatic heterocycles. The van der Waals surface area contributed by atoms with Crippen molar-refractivity contribution in [2.24, 2.45) is 5.10 Å². The Labute approximate surface area is 120 Å². The second-order valence-corrected chi connectivity index (χ2v) is 4.61. The van der Waals surface area contributed by atoms with Gasteiger partial charge in [-0.25, -0.2) is 5.10 Å². The molecule has 0 bridgehead atoms. The number of benzene rings is 1. The van der Waals surface area contributed by atoms with E-state index in [2.05, 4.69) is 15.3 Å². The molecule has 3 rings (SSSR count). The zero-order valence-electron chi connectivity index (χ0n) is 10.8. The van der Waals surface area contributed by atoms with Crippen molar-refractivity contribution in [1.29, 1.82) is 0 Å². The second kappa shape index (κ2) is 5.26. The summed E-state index contributed by atoms with van der Waals surface area (Å²) in [5.41, 5.74) is 0.938. The summed E-state index contributed by atoms with van der Waals surface area (Å²) in [7, 11) is 0. The number of rotatable bonds is 3. The molecule has 0 spiro atoms. The van der Waals surface area contributed by atoms with Crippen LogP contribution in [-0.2, 0) is 0 Å². The average Bonchev–Trinajstić information content (AvgIpc) is 3.04. The smallest absolute Gasteiger partial charge is 0.216 e. The molecule has 20 heavy (non-hydrogen) atoms. The van der Waals surface area contributed by atoms with Gasteiger partial charge in [0.2, 0.25) is 4.77 Å². The molecule has 1 aromatic carbocycles. The van der Waals surface area contributed by atoms with Crippen LogP contribution in [0.4, 0.5) is 0 Å². The van der Waals surface area contributed by atoms with Crippen LogP contribution >= 0.6 is 12.2 Å². The summed E-state index contributed by atoms with van der Waals surface area (Å²) in [5, 5.41) is 11.3. The highest BCUT2D eigenvalue weighted by molar-refractivity contribution is 7.71. The summed E-state index contributed by atoms with van der Waals surface area (Å²) in [4.78, 5) is 0. The van der Waals surface area contributed by atoms with E-state index in [9.17, 15) is 0 Å². The van der Waals surface area contributed by atoms with Gasteiger partial charge in [0.1, 0.15) is 11.5 Å². The lowest BCUT2D eigenvalue weighted by Crippen LogP contribution is -1.94. The first-order chi connectivity index (χ1) is 9.74. The zero-order valence-corrected chi connectivity index (χ0v) is 11.6. The Kier molecular flexibility index (Phi) is 3.30. The number of hydrogen-bond donors (Lipinski definition) is 1. The second-order valence-electron chi connectivity index (χ2n) is 4.22. The average molecular weight is 284 g/mol. The van der Waals surface area contributed by atoms with Gasteiger partial charge in [0, 0.05) is 5.56 Å². The van der Waals surface area contributed by atoms with Crippen LogP contribution in [0.5, 0.6) is 0 Å². The van der Waals surface area contributed by atoms with E-state index in [1.54, 1.807) is 10.9 Å². The molecule has 0 aliphatic rings. The van der Waals surface area contributed by atoms with E-state index >= 15 is 0 Å². The first kappa shape index (κ1) is 12.6. The summed E-state index contributed by atoms with van der Waals surface area (Å²) in [6.45, 7) is 1.89. The van der Waals surface area contributed by atoms with E-state index in [1.165, 1.54) is 0 Å². The molecule has 0 unspecified atom stereocenters. The van der Waals surface area contributed by atoms with Crippen molar-refractivity contribution in [3.8, 4) is 11.4 Å². The predicted molar refractivity (Wildman–Crippen MR) is 79.3 cm³/mol. The monoisotopic (exact) mass is 284 g/mol. The molecule has 100 valence electrons. The fraction of sp³-hybridized carbons (Fsp3) is 0.0714. The summed E-state index contributed by atoms with van der Waals surface area (Å²) in [6.07, 6.45) is 1.62. The number of aromatic amines is 1. The third kappa shape index (κ3) is 2.46. The van der Waals surface area contributed by atoms with Crippen LogP contribution in [0, 0.1) is 11.7 Å². The maximum absolute atomic E-state index is 5.44. The van der Waals surface area contributed by atoms with Gasteiger partial charge in [0.25, 0.3) is 0 Å². The lowest BCUT2D eigenvalue weighted by atomic mass is 10.2. The quantitative estimate of drug-likeness (QED) is 0.592. The SMILES string of the molecule is Cc1ccc(C=Nn2c(-c3ccccc3)n[nH]c2=S)o1. The normalized spacial score (nSPS) is 11.2. The standard InChI is InChI=1S/C14H12N4OS/c1-10-7-8-12(19-10)9-15-18-13(16-17-14(18)20)11-5-3-2-4-6-11/h2-9H,1H3,(H,17,20). The van der Waals surface area contributed by atoms with Gasteiger partial charge >= 0.3 is 0 Å². The third-order valence-electron chi connectivity index (χ3n) is 2.74. The van der Waals surface area contributed by atoms with Crippen LogP contribution in [0.25, 0.3) is 11.4 Å². The van der Waals surface area contributed by atoms with E-state index < -0.39 is 0 Å². The van der Waals surface area contributed by atoms with E-state index in [4.69, 9.17) is 16.6 Å². The van der Waals surface area contributed by atoms with Crippen molar-refractivity contribution in [1.82, 2.24) is 14.9 Å². The number of aromatic nitrogens is 3. The molecule has 0 fully saturated rings. The largest absolute Gasteiger partial charge is 0.460 e. The van der Waals surface area contributed by atoms with Crippen molar-refractivity contribution in [2.75, 3.05) is 0 Å². The van der Waals surface area contributed by atoms with E-state index in [-0.39, 0.29) is 0 Å². The van der Waals surface area contributed by atoms with E-state index in [0.717, 1.165) is 11.3 Å². The van der Waals surface area contributed by atoms with Gasteiger partial charge in [0.05, 0.1) is 6.21 Å². The highest BCUT2D eigenvalue weighted by Gasteiger charge is 2.07. The Hall–Kier alpha value is -2.47. The minimum Gasteiger partial charge on any atom is -0.460 e. The van der Waals surface area contributed by atoms with Gasteiger partial charge in [-0.15, -0.1) is 0 Å². The molecule has 0 saturated carbocycles. The number of nitrogens with zero attached hydrogens (tertiary/aromatic N) is 3. The fourth-order valence-electron chi connectivity index (χ4n) is 1.81. The Morgan fingerprint density at radius 1 is 1.25 bits per heavy atom. The summed E-state index contributed by atoms with van der Waals surface area (Å²) < 4.78 is 7.45. The Morgan fingerprint density at radius 2 is 2.05 bits per heavy atom. The highest BCUT2D eigenvalue weighted by Crippen LogP contribution is 2.16. The van der Waals surface area contributed by atoms with Crippen LogP contribution in [0.1, 0.15) is 11.5 Å². The minimum atomic E-state index is 0.434. The maximum Gasteiger partial charge on any atom is 0.216 e. The number of H-pyrrole nitrogens is 1. The van der Waals surface area contributed by atoms with Crippen LogP contribution in [0.2, 0.25) is 0 Å². The molecule has 0 aliphatic carbocycles. The molecule has 3 aromatic rings. The first-order valence-electron chi connectivity index (χ1n) is 6.08. The number of furan rings is 1. The molecule has 6 heteroatoms. The topological polar surface area (TPSA) is 59.1 Å². The van der Waals surface area contributed by atoms with Crippen molar-refractivity contribution in [2.45, 2.75) is 6.92 Å². The predicted octanol–water partition coefficient (Wildman–Crippen LogP) is 3.39. The molecule has 0 aliphatic heterocycles. The van der Waals surface area contributed by atoms with Gasteiger partial charge in [-0.3, -0.25) is 0 Å². The lowest BCUT2D eigenvalue weighted by molar-refractivity contribution is 0.527. The highest BCUT2D eigenvalue weighted by atomic mass is 32.1. The van der Waals surface area contributed by atoms with Crippen molar-refractivity contribution >= 4 is 18.4 Å². The molecule has 0 amide bonds. The number of aryl methyl sites for hydroxylation is 1. The molecule has 2 heterocycles. The zero-order chi connectivity index (χ0) is 13.9. The van der Waals surface area contributed by atoms with Gasteiger partial charge in [-0.05, 0) is 31.3 Å². The van der Waals surface area contributed by atoms with E-state index in [0.29, 0.717) is 16.4 Å². The fourth-order valence-corrected chi connectivity index (χ4v) is 1.99.